The largest absolute Gasteiger partial charge is 0.309 e. The molecule has 7 aromatic carbocycles. The molecule has 0 unspecified atom stereocenters. The van der Waals surface area contributed by atoms with E-state index in [4.69, 9.17) is 15.0 Å². The van der Waals surface area contributed by atoms with E-state index in [9.17, 15) is 4.79 Å². The van der Waals surface area contributed by atoms with E-state index in [1.807, 2.05) is 101 Å². The van der Waals surface area contributed by atoms with Crippen molar-refractivity contribution < 1.29 is 0 Å². The van der Waals surface area contributed by atoms with Gasteiger partial charge in [0.15, 0.2) is 0 Å². The highest BCUT2D eigenvalue weighted by Gasteiger charge is 2.21. The van der Waals surface area contributed by atoms with Gasteiger partial charge in [-0.1, -0.05) is 109 Å². The second-order valence-electron chi connectivity index (χ2n) is 13.3. The van der Waals surface area contributed by atoms with Crippen LogP contribution in [0.3, 0.4) is 0 Å². The van der Waals surface area contributed by atoms with Crippen molar-refractivity contribution in [1.29, 1.82) is 0 Å². The minimum Gasteiger partial charge on any atom is -0.309 e. The van der Waals surface area contributed by atoms with Gasteiger partial charge < -0.3 is 4.57 Å². The van der Waals surface area contributed by atoms with Gasteiger partial charge in [0, 0.05) is 27.4 Å². The first-order valence-electron chi connectivity index (χ1n) is 17.6. The molecule has 0 saturated carbocycles. The number of hydrogen-bond acceptors (Lipinski definition) is 4. The highest BCUT2D eigenvalue weighted by Crippen LogP contribution is 2.36. The Hall–Kier alpha value is -7.38. The number of benzene rings is 7. The van der Waals surface area contributed by atoms with Crippen LogP contribution in [0, 0.1) is 0 Å². The summed E-state index contributed by atoms with van der Waals surface area (Å²) >= 11 is 0. The van der Waals surface area contributed by atoms with Crippen LogP contribution in [0.15, 0.2) is 175 Å². The Morgan fingerprint density at radius 3 is 1.79 bits per heavy atom. The summed E-state index contributed by atoms with van der Waals surface area (Å²) in [5.41, 5.74) is 9.99. The number of fused-ring (bicyclic) bond motifs is 9. The predicted octanol–water partition coefficient (Wildman–Crippen LogP) is 10.2. The first kappa shape index (κ1) is 29.4. The summed E-state index contributed by atoms with van der Waals surface area (Å²) in [5, 5.41) is 3.77. The molecule has 0 aliphatic carbocycles. The standard InChI is InChI=1S/C46H28N6O/c53-44-36-28-31(30-23-25-40-35(27-30)33-17-8-11-21-39(33)50(40)32-15-5-2-6-16-32)24-26-41(36)51-42-22-12-10-20-38(42)48-46(51)52(44)45-47-37-19-9-7-18-34(37)43(49-45)29-13-3-1-4-14-29/h1-28H. The molecule has 0 aliphatic heterocycles. The van der Waals surface area contributed by atoms with Gasteiger partial charge in [0.05, 0.1) is 44.2 Å². The molecule has 7 nitrogen and oxygen atoms in total. The lowest BCUT2D eigenvalue weighted by molar-refractivity contribution is 0.903. The van der Waals surface area contributed by atoms with E-state index in [1.165, 1.54) is 5.39 Å². The summed E-state index contributed by atoms with van der Waals surface area (Å²) < 4.78 is 5.93. The maximum atomic E-state index is 15.0. The molecule has 53 heavy (non-hydrogen) atoms. The number of hydrogen-bond donors (Lipinski definition) is 0. The van der Waals surface area contributed by atoms with E-state index >= 15 is 0 Å². The Kier molecular flexibility index (Phi) is 6.27. The topological polar surface area (TPSA) is 70.0 Å². The van der Waals surface area contributed by atoms with Crippen LogP contribution in [0.5, 0.6) is 0 Å². The Labute approximate surface area is 302 Å². The lowest BCUT2D eigenvalue weighted by Crippen LogP contribution is -2.24. The van der Waals surface area contributed by atoms with Gasteiger partial charge in [-0.05, 0) is 71.8 Å². The second-order valence-corrected chi connectivity index (χ2v) is 13.3. The Bertz CT molecular complexity index is 3310. The third-order valence-corrected chi connectivity index (χ3v) is 10.3. The fraction of sp³-hybridized carbons (Fsp3) is 0. The van der Waals surface area contributed by atoms with Crippen molar-refractivity contribution in [2.45, 2.75) is 0 Å². The molecule has 0 N–H and O–H groups in total. The van der Waals surface area contributed by atoms with E-state index in [-0.39, 0.29) is 11.5 Å². The number of imidazole rings is 1. The Balaban J connectivity index is 1.18. The zero-order chi connectivity index (χ0) is 35.0. The van der Waals surface area contributed by atoms with Crippen molar-refractivity contribution in [1.82, 2.24) is 28.5 Å². The zero-order valence-electron chi connectivity index (χ0n) is 28.3. The molecule has 0 atom stereocenters. The van der Waals surface area contributed by atoms with Crippen LogP contribution in [0.2, 0.25) is 0 Å². The summed E-state index contributed by atoms with van der Waals surface area (Å²) in [7, 11) is 0. The van der Waals surface area contributed by atoms with Gasteiger partial charge in [0.1, 0.15) is 0 Å². The van der Waals surface area contributed by atoms with Crippen LogP contribution in [-0.2, 0) is 0 Å². The summed E-state index contributed by atoms with van der Waals surface area (Å²) in [4.78, 5) is 30.0. The molecule has 11 aromatic rings. The second kappa shape index (κ2) is 11.3. The Morgan fingerprint density at radius 2 is 1.00 bits per heavy atom. The smallest absolute Gasteiger partial charge is 0.269 e. The number of aromatic nitrogens is 6. The van der Waals surface area contributed by atoms with Crippen molar-refractivity contribution in [2.75, 3.05) is 0 Å². The minimum atomic E-state index is -0.235. The van der Waals surface area contributed by atoms with Gasteiger partial charge in [-0.3, -0.25) is 9.20 Å². The lowest BCUT2D eigenvalue weighted by atomic mass is 10.0. The minimum absolute atomic E-state index is 0.235. The van der Waals surface area contributed by atoms with Crippen LogP contribution >= 0.6 is 0 Å². The van der Waals surface area contributed by atoms with E-state index < -0.39 is 0 Å². The molecule has 11 rings (SSSR count). The number of nitrogens with zero attached hydrogens (tertiary/aromatic N) is 6. The molecule has 0 amide bonds. The van der Waals surface area contributed by atoms with Crippen LogP contribution in [0.25, 0.3) is 94.4 Å². The quantitative estimate of drug-likeness (QED) is 0.186. The molecule has 0 aliphatic rings. The SMILES string of the molecule is O=c1c2cc(-c3ccc4c(c3)c3ccccc3n4-c3ccccc3)ccc2n2c3ccccc3nc2n1-c1nc(-c2ccccc2)c2ccccc2n1. The molecule has 7 heteroatoms. The van der Waals surface area contributed by atoms with Crippen molar-refractivity contribution in [2.24, 2.45) is 0 Å². The molecule has 0 fully saturated rings. The third kappa shape index (κ3) is 4.41. The van der Waals surface area contributed by atoms with Crippen LogP contribution in [0.1, 0.15) is 0 Å². The maximum Gasteiger partial charge on any atom is 0.269 e. The molecule has 4 aromatic heterocycles. The van der Waals surface area contributed by atoms with Crippen LogP contribution in [-0.4, -0.2) is 28.5 Å². The molecule has 0 radical (unpaired) electrons. The zero-order valence-corrected chi connectivity index (χ0v) is 28.3. The van der Waals surface area contributed by atoms with Crippen molar-refractivity contribution >= 4 is 60.4 Å². The van der Waals surface area contributed by atoms with E-state index in [0.717, 1.165) is 71.9 Å². The number of rotatable bonds is 4. The van der Waals surface area contributed by atoms with Gasteiger partial charge in [0.25, 0.3) is 5.56 Å². The highest BCUT2D eigenvalue weighted by molar-refractivity contribution is 6.10. The summed E-state index contributed by atoms with van der Waals surface area (Å²) in [5.74, 6) is 0.733. The van der Waals surface area contributed by atoms with Gasteiger partial charge in [-0.2, -0.15) is 0 Å². The van der Waals surface area contributed by atoms with Crippen LogP contribution < -0.4 is 5.56 Å². The highest BCUT2D eigenvalue weighted by atomic mass is 16.1. The normalized spacial score (nSPS) is 11.8. The van der Waals surface area contributed by atoms with Crippen LogP contribution in [0.4, 0.5) is 0 Å². The molecule has 248 valence electrons. The predicted molar refractivity (Wildman–Crippen MR) is 214 cm³/mol. The molecular weight excluding hydrogens is 653 g/mol. The van der Waals surface area contributed by atoms with E-state index in [0.29, 0.717) is 11.2 Å². The average Bonchev–Trinajstić information content (AvgIpc) is 3.77. The first-order valence-corrected chi connectivity index (χ1v) is 17.6. The summed E-state index contributed by atoms with van der Waals surface area (Å²) in [6.07, 6.45) is 0. The van der Waals surface area contributed by atoms with Gasteiger partial charge in [-0.25, -0.2) is 19.5 Å². The van der Waals surface area contributed by atoms with E-state index in [2.05, 4.69) is 77.4 Å². The molecule has 0 saturated heterocycles. The molecule has 0 bridgehead atoms. The van der Waals surface area contributed by atoms with Gasteiger partial charge in [0.2, 0.25) is 11.7 Å². The first-order chi connectivity index (χ1) is 26.2. The van der Waals surface area contributed by atoms with Crippen molar-refractivity contribution in [3.05, 3.63) is 180 Å². The van der Waals surface area contributed by atoms with E-state index in [1.54, 1.807) is 4.57 Å². The fourth-order valence-electron chi connectivity index (χ4n) is 7.86. The fourth-order valence-corrected chi connectivity index (χ4v) is 7.86. The van der Waals surface area contributed by atoms with Gasteiger partial charge >= 0.3 is 0 Å². The maximum absolute atomic E-state index is 15.0. The summed E-state index contributed by atoms with van der Waals surface area (Å²) in [6, 6.07) is 57.5. The third-order valence-electron chi connectivity index (χ3n) is 10.3. The van der Waals surface area contributed by atoms with Gasteiger partial charge in [-0.15, -0.1) is 0 Å². The summed E-state index contributed by atoms with van der Waals surface area (Å²) in [6.45, 7) is 0. The molecular formula is C46H28N6O. The Morgan fingerprint density at radius 1 is 0.396 bits per heavy atom. The molecule has 0 spiro atoms. The average molecular weight is 681 g/mol. The lowest BCUT2D eigenvalue weighted by Gasteiger charge is -2.14. The van der Waals surface area contributed by atoms with Crippen molar-refractivity contribution in [3.63, 3.8) is 0 Å². The molecule has 4 heterocycles. The van der Waals surface area contributed by atoms with Crippen molar-refractivity contribution in [3.8, 4) is 34.0 Å². The number of para-hydroxylation sites is 5. The monoisotopic (exact) mass is 680 g/mol.